The number of carbonyl (C=O) groups is 2. The lowest BCUT2D eigenvalue weighted by Gasteiger charge is -2.22. The van der Waals surface area contributed by atoms with Crippen molar-refractivity contribution in [3.8, 4) is 5.75 Å². The lowest BCUT2D eigenvalue weighted by Crippen LogP contribution is -2.35. The molecule has 0 saturated carbocycles. The second-order valence-electron chi connectivity index (χ2n) is 7.46. The predicted octanol–water partition coefficient (Wildman–Crippen LogP) is 2.71. The highest BCUT2D eigenvalue weighted by Gasteiger charge is 2.38. The molecule has 0 aliphatic carbocycles. The van der Waals surface area contributed by atoms with Crippen molar-refractivity contribution in [1.29, 1.82) is 0 Å². The van der Waals surface area contributed by atoms with Crippen LogP contribution in [-0.4, -0.2) is 65.6 Å². The molecule has 6 N–H and O–H groups in total. The molecule has 0 bridgehead atoms. The molecule has 210 valence electrons. The first kappa shape index (κ1) is 31.1. The summed E-state index contributed by atoms with van der Waals surface area (Å²) >= 11 is 6.18. The lowest BCUT2D eigenvalue weighted by molar-refractivity contribution is -0.192. The number of alkyl halides is 3. The molecule has 1 aromatic heterocycles. The molecule has 0 spiro atoms. The number of nitrogens with two attached hydrogens (primary N) is 2. The number of pyridine rings is 1. The maximum Gasteiger partial charge on any atom is 0.490 e. The van der Waals surface area contributed by atoms with Crippen molar-refractivity contribution in [2.24, 2.45) is 16.5 Å². The van der Waals surface area contributed by atoms with Gasteiger partial charge in [0.2, 0.25) is 10.0 Å². The Morgan fingerprint density at radius 2 is 1.74 bits per heavy atom. The number of para-hydroxylation sites is 1. The summed E-state index contributed by atoms with van der Waals surface area (Å²) in [5, 5.41) is 17.5. The van der Waals surface area contributed by atoms with Gasteiger partial charge in [-0.05, 0) is 18.2 Å². The predicted molar refractivity (Wildman–Crippen MR) is 134 cm³/mol. The van der Waals surface area contributed by atoms with Gasteiger partial charge in [-0.1, -0.05) is 35.9 Å². The Kier molecular flexibility index (Phi) is 10.0. The van der Waals surface area contributed by atoms with Gasteiger partial charge in [0.1, 0.15) is 12.3 Å². The largest absolute Gasteiger partial charge is 0.496 e. The maximum atomic E-state index is 13.4. The number of carboxylic acids is 2. The summed E-state index contributed by atoms with van der Waals surface area (Å²) in [4.78, 5) is 28.2. The van der Waals surface area contributed by atoms with Crippen LogP contribution in [0.2, 0.25) is 5.02 Å². The normalized spacial score (nSPS) is 11.4. The number of nitrogens with zero attached hydrogens (tertiary/aromatic N) is 3. The minimum absolute atomic E-state index is 0.0796. The minimum atomic E-state index is -5.08. The zero-order valence-electron chi connectivity index (χ0n) is 19.9. The molecule has 3 rings (SSSR count). The van der Waals surface area contributed by atoms with Crippen LogP contribution in [0.5, 0.6) is 5.75 Å². The third kappa shape index (κ3) is 8.17. The Balaban J connectivity index is 0.000000673. The van der Waals surface area contributed by atoms with Crippen molar-refractivity contribution in [1.82, 2.24) is 9.29 Å². The number of methoxy groups -OCH3 is 1. The van der Waals surface area contributed by atoms with Crippen LogP contribution in [0, 0.1) is 0 Å². The summed E-state index contributed by atoms with van der Waals surface area (Å²) in [6, 6.07) is 10.9. The summed E-state index contributed by atoms with van der Waals surface area (Å²) in [5.74, 6) is -3.82. The van der Waals surface area contributed by atoms with Gasteiger partial charge in [0.25, 0.3) is 0 Å². The topological polar surface area (TPSA) is 198 Å². The number of carboxylic acid groups (broad SMARTS) is 2. The number of aliphatic imine (C=N–C) groups is 1. The molecule has 2 aromatic carbocycles. The second kappa shape index (κ2) is 12.6. The van der Waals surface area contributed by atoms with Crippen molar-refractivity contribution in [2.45, 2.75) is 17.6 Å². The van der Waals surface area contributed by atoms with Gasteiger partial charge >= 0.3 is 18.1 Å². The van der Waals surface area contributed by atoms with Crippen LogP contribution in [-0.2, 0) is 26.2 Å². The summed E-state index contributed by atoms with van der Waals surface area (Å²) < 4.78 is 64.7. The Bertz CT molecular complexity index is 1510. The van der Waals surface area contributed by atoms with E-state index in [0.717, 1.165) is 4.31 Å². The average molecular weight is 592 g/mol. The molecule has 0 fully saturated rings. The van der Waals surface area contributed by atoms with Crippen molar-refractivity contribution >= 4 is 56.1 Å². The smallest absolute Gasteiger partial charge is 0.490 e. The fraction of sp³-hybridized carbons (Fsp3) is 0.182. The van der Waals surface area contributed by atoms with Crippen LogP contribution in [0.1, 0.15) is 5.56 Å². The molecule has 0 unspecified atom stereocenters. The molecule has 12 nitrogen and oxygen atoms in total. The zero-order valence-corrected chi connectivity index (χ0v) is 21.5. The SMILES string of the molecule is COc1ccccc1CN(CC(=O)O)S(=O)(=O)c1ccc2c(Cl)cnc(N=C(N)N)c2c1.O=C(O)C(F)(F)F. The number of guanidine groups is 1. The quantitative estimate of drug-likeness (QED) is 0.223. The van der Waals surface area contributed by atoms with E-state index in [1.807, 2.05) is 0 Å². The van der Waals surface area contributed by atoms with Crippen molar-refractivity contribution in [3.05, 3.63) is 59.2 Å². The lowest BCUT2D eigenvalue weighted by atomic mass is 10.1. The van der Waals surface area contributed by atoms with Gasteiger partial charge in [0.05, 0.1) is 17.0 Å². The molecule has 1 heterocycles. The number of rotatable bonds is 8. The molecule has 0 amide bonds. The van der Waals surface area contributed by atoms with Crippen LogP contribution in [0.15, 0.2) is 58.5 Å². The van der Waals surface area contributed by atoms with E-state index in [2.05, 4.69) is 9.98 Å². The number of aliphatic carboxylic acids is 2. The number of hydrogen-bond donors (Lipinski definition) is 4. The van der Waals surface area contributed by atoms with Crippen LogP contribution in [0.3, 0.4) is 0 Å². The highest BCUT2D eigenvalue weighted by Crippen LogP contribution is 2.33. The van der Waals surface area contributed by atoms with Gasteiger partial charge in [-0.2, -0.15) is 22.5 Å². The van der Waals surface area contributed by atoms with E-state index in [-0.39, 0.29) is 28.2 Å². The van der Waals surface area contributed by atoms with E-state index < -0.39 is 34.7 Å². The highest BCUT2D eigenvalue weighted by molar-refractivity contribution is 7.89. The first-order valence-corrected chi connectivity index (χ1v) is 12.2. The monoisotopic (exact) mass is 591 g/mol. The fourth-order valence-corrected chi connectivity index (χ4v) is 4.70. The maximum absolute atomic E-state index is 13.4. The van der Waals surface area contributed by atoms with Crippen LogP contribution < -0.4 is 16.2 Å². The molecule has 0 atom stereocenters. The van der Waals surface area contributed by atoms with Crippen LogP contribution in [0.25, 0.3) is 10.8 Å². The fourth-order valence-electron chi connectivity index (χ4n) is 3.09. The zero-order chi connectivity index (χ0) is 29.5. The molecular formula is C22H21ClF3N5O7S. The van der Waals surface area contributed by atoms with Crippen molar-refractivity contribution < 1.29 is 46.1 Å². The summed E-state index contributed by atoms with van der Waals surface area (Å²) in [6.45, 7) is -0.974. The summed E-state index contributed by atoms with van der Waals surface area (Å²) in [6.07, 6.45) is -3.74. The molecule has 39 heavy (non-hydrogen) atoms. The number of benzene rings is 2. The number of hydrogen-bond acceptors (Lipinski definition) is 7. The van der Waals surface area contributed by atoms with Crippen LogP contribution in [0.4, 0.5) is 19.0 Å². The van der Waals surface area contributed by atoms with E-state index in [1.54, 1.807) is 24.3 Å². The number of halogens is 4. The number of ether oxygens (including phenoxy) is 1. The molecule has 0 saturated heterocycles. The van der Waals surface area contributed by atoms with E-state index in [1.165, 1.54) is 31.5 Å². The molecule has 0 aliphatic rings. The Morgan fingerprint density at radius 1 is 1.13 bits per heavy atom. The summed E-state index contributed by atoms with van der Waals surface area (Å²) in [7, 11) is -2.81. The van der Waals surface area contributed by atoms with Gasteiger partial charge < -0.3 is 26.4 Å². The highest BCUT2D eigenvalue weighted by atomic mass is 35.5. The van der Waals surface area contributed by atoms with E-state index >= 15 is 0 Å². The second-order valence-corrected chi connectivity index (χ2v) is 9.80. The molecule has 0 aliphatic heterocycles. The first-order chi connectivity index (χ1) is 18.1. The standard InChI is InChI=1S/C20H20ClN5O5S.C2HF3O2/c1-31-17-5-3-2-4-12(17)10-26(11-18(27)28)32(29,30)13-6-7-14-15(8-13)19(25-20(22)23)24-9-16(14)21;3-2(4,5)1(6)7/h2-9H,10-11H2,1H3,(H,27,28)(H4,22,23,24,25);(H,6,7). The first-order valence-electron chi connectivity index (χ1n) is 10.4. The van der Waals surface area contributed by atoms with Gasteiger partial charge in [0.15, 0.2) is 11.8 Å². The van der Waals surface area contributed by atoms with Crippen LogP contribution >= 0.6 is 11.6 Å². The third-order valence-electron chi connectivity index (χ3n) is 4.76. The Morgan fingerprint density at radius 3 is 2.28 bits per heavy atom. The molecular weight excluding hydrogens is 571 g/mol. The number of fused-ring (bicyclic) bond motifs is 1. The van der Waals surface area contributed by atoms with Gasteiger partial charge in [-0.3, -0.25) is 4.79 Å². The van der Waals surface area contributed by atoms with Gasteiger partial charge in [0, 0.05) is 29.1 Å². The van der Waals surface area contributed by atoms with E-state index in [9.17, 15) is 31.5 Å². The average Bonchev–Trinajstić information content (AvgIpc) is 2.84. The van der Waals surface area contributed by atoms with Gasteiger partial charge in [-0.15, -0.1) is 0 Å². The van der Waals surface area contributed by atoms with E-state index in [4.69, 9.17) is 37.7 Å². The minimum Gasteiger partial charge on any atom is -0.496 e. The Hall–Kier alpha value is -4.15. The molecule has 3 aromatic rings. The molecule has 17 heteroatoms. The Labute approximate surface area is 224 Å². The van der Waals surface area contributed by atoms with Crippen molar-refractivity contribution in [3.63, 3.8) is 0 Å². The summed E-state index contributed by atoms with van der Waals surface area (Å²) in [5.41, 5.74) is 11.4. The van der Waals surface area contributed by atoms with Crippen molar-refractivity contribution in [2.75, 3.05) is 13.7 Å². The van der Waals surface area contributed by atoms with Gasteiger partial charge in [-0.25, -0.2) is 18.2 Å². The molecule has 0 radical (unpaired) electrons. The number of aromatic nitrogens is 1. The third-order valence-corrected chi connectivity index (χ3v) is 6.84. The number of sulfonamides is 1. The van der Waals surface area contributed by atoms with E-state index in [0.29, 0.717) is 22.1 Å².